The van der Waals surface area contributed by atoms with E-state index in [1.807, 2.05) is 30.3 Å². The van der Waals surface area contributed by atoms with Gasteiger partial charge in [0.15, 0.2) is 5.96 Å². The van der Waals surface area contributed by atoms with Crippen molar-refractivity contribution in [3.05, 3.63) is 59.8 Å². The molecule has 6 nitrogen and oxygen atoms in total. The van der Waals surface area contributed by atoms with Crippen molar-refractivity contribution in [2.75, 3.05) is 33.4 Å². The van der Waals surface area contributed by atoms with E-state index in [1.165, 1.54) is 12.3 Å². The van der Waals surface area contributed by atoms with Gasteiger partial charge in [-0.05, 0) is 17.7 Å². The Morgan fingerprint density at radius 1 is 1.18 bits per heavy atom. The van der Waals surface area contributed by atoms with E-state index in [1.54, 1.807) is 7.05 Å². The smallest absolute Gasteiger partial charge is 0.421 e. The molecule has 2 rings (SSSR count). The normalized spacial score (nSPS) is 13.1. The van der Waals surface area contributed by atoms with E-state index in [-0.39, 0.29) is 25.7 Å². The van der Waals surface area contributed by atoms with Crippen molar-refractivity contribution in [3.63, 3.8) is 0 Å². The van der Waals surface area contributed by atoms with Crippen molar-refractivity contribution in [1.82, 2.24) is 15.6 Å². The van der Waals surface area contributed by atoms with Crippen LogP contribution in [0.2, 0.25) is 0 Å². The number of aliphatic hydroxyl groups excluding tert-OH is 1. The van der Waals surface area contributed by atoms with E-state index >= 15 is 0 Å². The standard InChI is InChI=1S/C19H23F3N4O2/c1-23-18(26-12-15(13-27)14-6-3-2-4-7-14)25-10-11-28-17-16(19(20,21)22)8-5-9-24-17/h2-9,15,27H,10-13H2,1H3,(H2,23,25,26). The summed E-state index contributed by atoms with van der Waals surface area (Å²) in [6, 6.07) is 11.7. The Kier molecular flexibility index (Phi) is 8.06. The van der Waals surface area contributed by atoms with Gasteiger partial charge in [0.05, 0.1) is 13.2 Å². The maximum atomic E-state index is 12.9. The van der Waals surface area contributed by atoms with Crippen LogP contribution in [0.25, 0.3) is 0 Å². The first kappa shape index (κ1) is 21.5. The summed E-state index contributed by atoms with van der Waals surface area (Å²) in [4.78, 5) is 7.69. The third-order valence-electron chi connectivity index (χ3n) is 3.94. The van der Waals surface area contributed by atoms with E-state index < -0.39 is 17.6 Å². The van der Waals surface area contributed by atoms with Crippen molar-refractivity contribution in [2.45, 2.75) is 12.1 Å². The van der Waals surface area contributed by atoms with E-state index in [2.05, 4.69) is 20.6 Å². The van der Waals surface area contributed by atoms with Crippen LogP contribution in [0.4, 0.5) is 13.2 Å². The highest BCUT2D eigenvalue weighted by Gasteiger charge is 2.34. The Bertz CT molecular complexity index is 754. The summed E-state index contributed by atoms with van der Waals surface area (Å²) in [6.45, 7) is 0.613. The molecule has 0 fully saturated rings. The van der Waals surface area contributed by atoms with E-state index in [0.29, 0.717) is 12.5 Å². The number of nitrogens with one attached hydrogen (secondary N) is 2. The molecule has 0 aliphatic heterocycles. The van der Waals surface area contributed by atoms with Crippen LogP contribution in [0.15, 0.2) is 53.7 Å². The largest absolute Gasteiger partial charge is 0.475 e. The number of pyridine rings is 1. The molecule has 0 saturated heterocycles. The van der Waals surface area contributed by atoms with Gasteiger partial charge < -0.3 is 20.5 Å². The lowest BCUT2D eigenvalue weighted by Gasteiger charge is -2.18. The second kappa shape index (κ2) is 10.5. The van der Waals surface area contributed by atoms with Crippen molar-refractivity contribution in [3.8, 4) is 5.88 Å². The average Bonchev–Trinajstić information content (AvgIpc) is 2.70. The van der Waals surface area contributed by atoms with Gasteiger partial charge in [-0.15, -0.1) is 0 Å². The fourth-order valence-corrected chi connectivity index (χ4v) is 2.49. The number of benzene rings is 1. The molecule has 0 amide bonds. The highest BCUT2D eigenvalue weighted by Crippen LogP contribution is 2.34. The minimum Gasteiger partial charge on any atom is -0.475 e. The molecule has 28 heavy (non-hydrogen) atoms. The van der Waals surface area contributed by atoms with Crippen molar-refractivity contribution < 1.29 is 23.0 Å². The minimum absolute atomic E-state index is 0.0249. The van der Waals surface area contributed by atoms with Gasteiger partial charge in [-0.3, -0.25) is 4.99 Å². The second-order valence-electron chi connectivity index (χ2n) is 5.87. The Morgan fingerprint density at radius 3 is 2.57 bits per heavy atom. The lowest BCUT2D eigenvalue weighted by Crippen LogP contribution is -2.41. The summed E-state index contributed by atoms with van der Waals surface area (Å²) < 4.78 is 43.9. The lowest BCUT2D eigenvalue weighted by molar-refractivity contribution is -0.139. The molecule has 0 spiro atoms. The number of guanidine groups is 1. The van der Waals surface area contributed by atoms with Crippen LogP contribution in [0.1, 0.15) is 17.0 Å². The van der Waals surface area contributed by atoms with Gasteiger partial charge in [0.25, 0.3) is 0 Å². The molecule has 1 unspecified atom stereocenters. The van der Waals surface area contributed by atoms with Gasteiger partial charge in [-0.25, -0.2) is 4.98 Å². The predicted molar refractivity (Wildman–Crippen MR) is 100 cm³/mol. The summed E-state index contributed by atoms with van der Waals surface area (Å²) in [6.07, 6.45) is -3.28. The second-order valence-corrected chi connectivity index (χ2v) is 5.87. The van der Waals surface area contributed by atoms with Crippen molar-refractivity contribution >= 4 is 5.96 Å². The molecule has 9 heteroatoms. The monoisotopic (exact) mass is 396 g/mol. The third kappa shape index (κ3) is 6.41. The highest BCUT2D eigenvalue weighted by molar-refractivity contribution is 5.79. The molecule has 1 aromatic carbocycles. The van der Waals surface area contributed by atoms with Gasteiger partial charge in [0, 0.05) is 25.7 Å². The number of aliphatic hydroxyl groups is 1. The highest BCUT2D eigenvalue weighted by atomic mass is 19.4. The first-order chi connectivity index (χ1) is 13.5. The van der Waals surface area contributed by atoms with Crippen LogP contribution in [0.3, 0.4) is 0 Å². The Morgan fingerprint density at radius 2 is 1.93 bits per heavy atom. The van der Waals surface area contributed by atoms with Crippen LogP contribution in [-0.2, 0) is 6.18 Å². The fourth-order valence-electron chi connectivity index (χ4n) is 2.49. The number of nitrogens with zero attached hydrogens (tertiary/aromatic N) is 2. The summed E-state index contributed by atoms with van der Waals surface area (Å²) in [5.41, 5.74) is 0.0808. The summed E-state index contributed by atoms with van der Waals surface area (Å²) in [7, 11) is 1.58. The van der Waals surface area contributed by atoms with E-state index in [9.17, 15) is 18.3 Å². The zero-order valence-corrected chi connectivity index (χ0v) is 15.4. The maximum Gasteiger partial charge on any atom is 0.421 e. The summed E-state index contributed by atoms with van der Waals surface area (Å²) in [5.74, 6) is -0.113. The third-order valence-corrected chi connectivity index (χ3v) is 3.94. The molecule has 1 heterocycles. The van der Waals surface area contributed by atoms with Crippen LogP contribution >= 0.6 is 0 Å². The molecule has 3 N–H and O–H groups in total. The number of halogens is 3. The SMILES string of the molecule is CN=C(NCCOc1ncccc1C(F)(F)F)NCC(CO)c1ccccc1. The molecule has 1 aromatic heterocycles. The molecule has 1 atom stereocenters. The van der Waals surface area contributed by atoms with Gasteiger partial charge in [-0.2, -0.15) is 13.2 Å². The molecular weight excluding hydrogens is 373 g/mol. The zero-order chi connectivity index (χ0) is 20.4. The number of ether oxygens (including phenoxy) is 1. The molecule has 0 aliphatic rings. The number of hydrogen-bond acceptors (Lipinski definition) is 4. The average molecular weight is 396 g/mol. The number of alkyl halides is 3. The van der Waals surface area contributed by atoms with E-state index in [4.69, 9.17) is 4.74 Å². The quantitative estimate of drug-likeness (QED) is 0.363. The molecule has 152 valence electrons. The maximum absolute atomic E-state index is 12.9. The molecular formula is C19H23F3N4O2. The van der Waals surface area contributed by atoms with Crippen molar-refractivity contribution in [1.29, 1.82) is 0 Å². The fraction of sp³-hybridized carbons (Fsp3) is 0.368. The Balaban J connectivity index is 1.80. The molecule has 0 radical (unpaired) electrons. The summed E-state index contributed by atoms with van der Waals surface area (Å²) >= 11 is 0. The topological polar surface area (TPSA) is 78.8 Å². The van der Waals surface area contributed by atoms with Crippen molar-refractivity contribution in [2.24, 2.45) is 4.99 Å². The molecule has 0 bridgehead atoms. The number of rotatable bonds is 8. The van der Waals surface area contributed by atoms with Gasteiger partial charge in [0.1, 0.15) is 12.2 Å². The van der Waals surface area contributed by atoms with Crippen LogP contribution in [0.5, 0.6) is 5.88 Å². The van der Waals surface area contributed by atoms with Crippen LogP contribution in [-0.4, -0.2) is 49.4 Å². The van der Waals surface area contributed by atoms with Gasteiger partial charge in [0.2, 0.25) is 5.88 Å². The van der Waals surface area contributed by atoms with E-state index in [0.717, 1.165) is 11.6 Å². The summed E-state index contributed by atoms with van der Waals surface area (Å²) in [5, 5.41) is 15.6. The molecule has 2 aromatic rings. The lowest BCUT2D eigenvalue weighted by atomic mass is 10.0. The molecule has 0 aliphatic carbocycles. The van der Waals surface area contributed by atoms with Gasteiger partial charge in [-0.1, -0.05) is 30.3 Å². The van der Waals surface area contributed by atoms with Gasteiger partial charge >= 0.3 is 6.18 Å². The Labute approximate surface area is 161 Å². The zero-order valence-electron chi connectivity index (χ0n) is 15.4. The number of aromatic nitrogens is 1. The predicted octanol–water partition coefficient (Wildman–Crippen LogP) is 2.42. The molecule has 0 saturated carbocycles. The van der Waals surface area contributed by atoms with Crippen LogP contribution < -0.4 is 15.4 Å². The number of hydrogen-bond donors (Lipinski definition) is 3. The number of aliphatic imine (C=N–C) groups is 1. The van der Waals surface area contributed by atoms with Crippen LogP contribution in [0, 0.1) is 0 Å². The minimum atomic E-state index is -4.52. The first-order valence-electron chi connectivity index (χ1n) is 8.71. The Hall–Kier alpha value is -2.81. The first-order valence-corrected chi connectivity index (χ1v) is 8.71.